The molecule has 1 fully saturated rings. The van der Waals surface area contributed by atoms with Crippen LogP contribution in [0.1, 0.15) is 15.9 Å². The van der Waals surface area contributed by atoms with E-state index in [0.717, 1.165) is 0 Å². The molecular formula is C24H15ClFNO4S2. The highest BCUT2D eigenvalue weighted by Gasteiger charge is 2.33. The first-order chi connectivity index (χ1) is 15.9. The number of halogens is 2. The van der Waals surface area contributed by atoms with Gasteiger partial charge in [0.05, 0.1) is 23.3 Å². The largest absolute Gasteiger partial charge is 0.493 e. The summed E-state index contributed by atoms with van der Waals surface area (Å²) in [6.45, 7) is 0. The summed E-state index contributed by atoms with van der Waals surface area (Å²) in [5, 5.41) is 0.501. The van der Waals surface area contributed by atoms with Crippen LogP contribution in [0.2, 0.25) is 5.02 Å². The molecule has 4 rings (SSSR count). The number of amides is 1. The summed E-state index contributed by atoms with van der Waals surface area (Å²) in [5.41, 5.74) is 1.45. The van der Waals surface area contributed by atoms with Crippen molar-refractivity contribution in [3.05, 3.63) is 93.6 Å². The molecule has 1 saturated heterocycles. The number of nitrogens with zero attached hydrogens (tertiary/aromatic N) is 1. The van der Waals surface area contributed by atoms with E-state index in [1.807, 2.05) is 0 Å². The maximum Gasteiger partial charge on any atom is 0.343 e. The van der Waals surface area contributed by atoms with E-state index in [4.69, 9.17) is 33.3 Å². The molecule has 33 heavy (non-hydrogen) atoms. The SMILES string of the molecule is COc1cc(/C=C2\SC(=S)N(c3cccc(Cl)c3)C2=O)ccc1OC(=O)c1ccc(F)cc1. The van der Waals surface area contributed by atoms with E-state index in [9.17, 15) is 14.0 Å². The number of hydrogen-bond donors (Lipinski definition) is 0. The van der Waals surface area contributed by atoms with Gasteiger partial charge in [0.15, 0.2) is 15.8 Å². The lowest BCUT2D eigenvalue weighted by Crippen LogP contribution is -2.27. The first kappa shape index (κ1) is 23.0. The average molecular weight is 500 g/mol. The fourth-order valence-electron chi connectivity index (χ4n) is 3.06. The second-order valence-corrected chi connectivity index (χ2v) is 8.92. The molecule has 0 radical (unpaired) electrons. The Kier molecular flexibility index (Phi) is 6.78. The van der Waals surface area contributed by atoms with Crippen LogP contribution in [0.5, 0.6) is 11.5 Å². The first-order valence-electron chi connectivity index (χ1n) is 9.55. The fourth-order valence-corrected chi connectivity index (χ4v) is 4.54. The molecule has 0 aromatic heterocycles. The van der Waals surface area contributed by atoms with E-state index < -0.39 is 11.8 Å². The van der Waals surface area contributed by atoms with Gasteiger partial charge >= 0.3 is 5.97 Å². The van der Waals surface area contributed by atoms with E-state index >= 15 is 0 Å². The predicted octanol–water partition coefficient (Wildman–Crippen LogP) is 6.11. The van der Waals surface area contributed by atoms with Crippen LogP contribution in [0.3, 0.4) is 0 Å². The van der Waals surface area contributed by atoms with Gasteiger partial charge in [-0.1, -0.05) is 47.7 Å². The quantitative estimate of drug-likeness (QED) is 0.183. The number of rotatable bonds is 5. The summed E-state index contributed by atoms with van der Waals surface area (Å²) in [5.74, 6) is -0.879. The molecule has 0 saturated carbocycles. The maximum absolute atomic E-state index is 13.1. The Balaban J connectivity index is 1.56. The Morgan fingerprint density at radius 3 is 2.55 bits per heavy atom. The Bertz CT molecular complexity index is 1290. The number of methoxy groups -OCH3 is 1. The van der Waals surface area contributed by atoms with Crippen LogP contribution in [0.4, 0.5) is 10.1 Å². The van der Waals surface area contributed by atoms with E-state index in [1.54, 1.807) is 48.5 Å². The maximum atomic E-state index is 13.1. The molecule has 1 amide bonds. The van der Waals surface area contributed by atoms with Gasteiger partial charge in [0.2, 0.25) is 0 Å². The molecule has 5 nitrogen and oxygen atoms in total. The number of ether oxygens (including phenoxy) is 2. The van der Waals surface area contributed by atoms with Gasteiger partial charge in [-0.2, -0.15) is 0 Å². The van der Waals surface area contributed by atoms with Gasteiger partial charge in [-0.3, -0.25) is 9.69 Å². The van der Waals surface area contributed by atoms with Crippen molar-refractivity contribution in [2.24, 2.45) is 0 Å². The van der Waals surface area contributed by atoms with E-state index in [2.05, 4.69) is 0 Å². The highest BCUT2D eigenvalue weighted by Crippen LogP contribution is 2.38. The minimum Gasteiger partial charge on any atom is -0.493 e. The summed E-state index contributed by atoms with van der Waals surface area (Å²) < 4.78 is 24.2. The van der Waals surface area contributed by atoms with E-state index in [1.165, 1.54) is 48.0 Å². The van der Waals surface area contributed by atoms with Crippen LogP contribution in [-0.4, -0.2) is 23.3 Å². The number of hydrogen-bond acceptors (Lipinski definition) is 6. The van der Waals surface area contributed by atoms with Crippen LogP contribution < -0.4 is 14.4 Å². The minimum absolute atomic E-state index is 0.190. The topological polar surface area (TPSA) is 55.8 Å². The van der Waals surface area contributed by atoms with Crippen LogP contribution in [0.15, 0.2) is 71.6 Å². The number of esters is 1. The molecule has 0 aliphatic carbocycles. The predicted molar refractivity (Wildman–Crippen MR) is 131 cm³/mol. The van der Waals surface area contributed by atoms with Crippen molar-refractivity contribution in [3.8, 4) is 11.5 Å². The summed E-state index contributed by atoms with van der Waals surface area (Å²) in [4.78, 5) is 27.2. The van der Waals surface area contributed by atoms with Crippen molar-refractivity contribution < 1.29 is 23.5 Å². The van der Waals surface area contributed by atoms with Crippen molar-refractivity contribution in [1.82, 2.24) is 0 Å². The number of thioether (sulfide) groups is 1. The third-order valence-electron chi connectivity index (χ3n) is 4.63. The van der Waals surface area contributed by atoms with Gasteiger partial charge in [0.25, 0.3) is 5.91 Å². The van der Waals surface area contributed by atoms with Crippen molar-refractivity contribution in [1.29, 1.82) is 0 Å². The average Bonchev–Trinajstić information content (AvgIpc) is 3.07. The standard InChI is InChI=1S/C24H15ClFNO4S2/c1-30-20-11-14(5-10-19(20)31-23(29)15-6-8-17(26)9-7-15)12-21-22(28)27(24(32)33-21)18-4-2-3-16(25)13-18/h2-13H,1H3/b21-12-. The molecule has 0 spiro atoms. The van der Waals surface area contributed by atoms with Gasteiger partial charge in [-0.15, -0.1) is 0 Å². The lowest BCUT2D eigenvalue weighted by molar-refractivity contribution is -0.113. The van der Waals surface area contributed by atoms with Crippen LogP contribution >= 0.6 is 35.6 Å². The number of carbonyl (C=O) groups excluding carboxylic acids is 2. The lowest BCUT2D eigenvalue weighted by atomic mass is 10.1. The Morgan fingerprint density at radius 2 is 1.85 bits per heavy atom. The smallest absolute Gasteiger partial charge is 0.343 e. The third-order valence-corrected chi connectivity index (χ3v) is 6.17. The van der Waals surface area contributed by atoms with Crippen LogP contribution in [0, 0.1) is 5.82 Å². The van der Waals surface area contributed by atoms with Crippen molar-refractivity contribution in [2.75, 3.05) is 12.0 Å². The molecule has 0 unspecified atom stereocenters. The number of carbonyl (C=O) groups is 2. The molecule has 1 heterocycles. The van der Waals surface area contributed by atoms with Crippen LogP contribution in [0.25, 0.3) is 6.08 Å². The normalized spacial score (nSPS) is 14.6. The highest BCUT2D eigenvalue weighted by molar-refractivity contribution is 8.27. The van der Waals surface area contributed by atoms with E-state index in [-0.39, 0.29) is 17.2 Å². The molecule has 166 valence electrons. The molecule has 1 aliphatic heterocycles. The van der Waals surface area contributed by atoms with Gasteiger partial charge in [-0.05, 0) is 66.2 Å². The van der Waals surface area contributed by atoms with Gasteiger partial charge in [-0.25, -0.2) is 9.18 Å². The van der Waals surface area contributed by atoms with Gasteiger partial charge in [0.1, 0.15) is 5.82 Å². The Hall–Kier alpha value is -3.20. The Labute approximate surface area is 203 Å². The summed E-state index contributed by atoms with van der Waals surface area (Å²) in [6, 6.07) is 16.8. The molecule has 0 N–H and O–H groups in total. The number of benzene rings is 3. The molecular weight excluding hydrogens is 485 g/mol. The van der Waals surface area contributed by atoms with Crippen molar-refractivity contribution in [2.45, 2.75) is 0 Å². The second-order valence-electron chi connectivity index (χ2n) is 6.80. The van der Waals surface area contributed by atoms with Crippen molar-refractivity contribution in [3.63, 3.8) is 0 Å². The van der Waals surface area contributed by atoms with E-state index in [0.29, 0.717) is 31.2 Å². The fraction of sp³-hybridized carbons (Fsp3) is 0.0417. The highest BCUT2D eigenvalue weighted by atomic mass is 35.5. The van der Waals surface area contributed by atoms with Crippen LogP contribution in [-0.2, 0) is 4.79 Å². The summed E-state index contributed by atoms with van der Waals surface area (Å²) >= 11 is 12.6. The van der Waals surface area contributed by atoms with Crippen molar-refractivity contribution >= 4 is 63.5 Å². The zero-order chi connectivity index (χ0) is 23.5. The zero-order valence-corrected chi connectivity index (χ0v) is 19.5. The lowest BCUT2D eigenvalue weighted by Gasteiger charge is -2.14. The summed E-state index contributed by atoms with van der Waals surface area (Å²) in [6.07, 6.45) is 1.68. The second kappa shape index (κ2) is 9.74. The summed E-state index contributed by atoms with van der Waals surface area (Å²) in [7, 11) is 1.44. The number of thiocarbonyl (C=S) groups is 1. The first-order valence-corrected chi connectivity index (χ1v) is 11.2. The molecule has 9 heteroatoms. The monoisotopic (exact) mass is 499 g/mol. The molecule has 1 aliphatic rings. The molecule has 3 aromatic rings. The minimum atomic E-state index is -0.650. The molecule has 0 atom stereocenters. The Morgan fingerprint density at radius 1 is 1.09 bits per heavy atom. The zero-order valence-electron chi connectivity index (χ0n) is 17.1. The van der Waals surface area contributed by atoms with Gasteiger partial charge in [0, 0.05) is 5.02 Å². The molecule has 0 bridgehead atoms. The van der Waals surface area contributed by atoms with Gasteiger partial charge < -0.3 is 9.47 Å². The number of anilines is 1. The third kappa shape index (κ3) is 5.08. The molecule has 3 aromatic carbocycles.